The average molecular weight is 128 g/mol. The minimum absolute atomic E-state index is 0.712. The third kappa shape index (κ3) is 0.980. The second kappa shape index (κ2) is 2.13. The number of rotatable bonds is 0. The first-order valence-corrected chi connectivity index (χ1v) is 3.38. The molecular weight excluding hydrogens is 120 g/mol. The summed E-state index contributed by atoms with van der Waals surface area (Å²) in [4.78, 5) is 0. The largest absolute Gasteiger partial charge is 0.400 e. The van der Waals surface area contributed by atoms with Crippen LogP contribution in [0.25, 0.3) is 0 Å². The van der Waals surface area contributed by atoms with E-state index in [1.165, 1.54) is 0 Å². The smallest absolute Gasteiger partial charge is 0.0518 e. The van der Waals surface area contributed by atoms with Gasteiger partial charge < -0.3 is 11.5 Å². The topological polar surface area (TPSA) is 52.0 Å². The van der Waals surface area contributed by atoms with Gasteiger partial charge in [-0.15, -0.1) is 11.8 Å². The van der Waals surface area contributed by atoms with Gasteiger partial charge in [-0.2, -0.15) is 0 Å². The lowest BCUT2D eigenvalue weighted by Crippen LogP contribution is -2.11. The molecule has 0 fully saturated rings. The van der Waals surface area contributed by atoms with Crippen LogP contribution in [-0.2, 0) is 0 Å². The first kappa shape index (κ1) is 5.56. The van der Waals surface area contributed by atoms with Crippen LogP contribution in [0, 0.1) is 0 Å². The van der Waals surface area contributed by atoms with Gasteiger partial charge in [-0.05, 0) is 11.5 Å². The van der Waals surface area contributed by atoms with E-state index in [-0.39, 0.29) is 0 Å². The van der Waals surface area contributed by atoms with Gasteiger partial charge in [0.1, 0.15) is 0 Å². The summed E-state index contributed by atoms with van der Waals surface area (Å²) < 4.78 is 0. The number of hydrogen-bond donors (Lipinski definition) is 2. The molecule has 1 rings (SSSR count). The summed E-state index contributed by atoms with van der Waals surface area (Å²) in [5.41, 5.74) is 12.4. The van der Waals surface area contributed by atoms with Gasteiger partial charge in [0.25, 0.3) is 0 Å². The maximum atomic E-state index is 5.46. The van der Waals surface area contributed by atoms with Crippen molar-refractivity contribution in [3.63, 3.8) is 0 Å². The Morgan fingerprint density at radius 1 is 1.50 bits per heavy atom. The Hall–Kier alpha value is -0.570. The van der Waals surface area contributed by atoms with Crippen molar-refractivity contribution in [1.29, 1.82) is 0 Å². The SMILES string of the molecule is NC1=C(N)CSC=C1. The molecule has 0 aliphatic carbocycles. The molecule has 1 heterocycles. The molecule has 0 unspecified atom stereocenters. The molecule has 0 aromatic carbocycles. The maximum Gasteiger partial charge on any atom is 0.0518 e. The van der Waals surface area contributed by atoms with Gasteiger partial charge in [0.05, 0.1) is 5.70 Å². The molecule has 0 saturated heterocycles. The average Bonchev–Trinajstić information content (AvgIpc) is 1.77. The summed E-state index contributed by atoms with van der Waals surface area (Å²) in [5, 5.41) is 1.95. The number of allylic oxidation sites excluding steroid dienone is 1. The predicted octanol–water partition coefficient (Wildman–Crippen LogP) is 0.376. The van der Waals surface area contributed by atoms with E-state index >= 15 is 0 Å². The molecule has 0 saturated carbocycles. The zero-order valence-electron chi connectivity index (χ0n) is 4.42. The quantitative estimate of drug-likeness (QED) is 0.495. The first-order chi connectivity index (χ1) is 3.80. The normalized spacial score (nSPS) is 19.5. The van der Waals surface area contributed by atoms with E-state index in [2.05, 4.69) is 0 Å². The second-order valence-electron chi connectivity index (χ2n) is 1.59. The van der Waals surface area contributed by atoms with Crippen LogP contribution in [0.4, 0.5) is 0 Å². The van der Waals surface area contributed by atoms with Crippen molar-refractivity contribution in [3.8, 4) is 0 Å². The third-order valence-corrected chi connectivity index (χ3v) is 1.76. The Morgan fingerprint density at radius 3 is 2.62 bits per heavy atom. The van der Waals surface area contributed by atoms with Crippen LogP contribution in [0.15, 0.2) is 22.9 Å². The Labute approximate surface area is 52.6 Å². The monoisotopic (exact) mass is 128 g/mol. The molecule has 8 heavy (non-hydrogen) atoms. The molecule has 0 atom stereocenters. The number of thioether (sulfide) groups is 1. The summed E-state index contributed by atoms with van der Waals surface area (Å²) in [6.45, 7) is 0. The highest BCUT2D eigenvalue weighted by Crippen LogP contribution is 2.13. The molecular formula is C5H8N2S. The molecule has 0 amide bonds. The molecule has 0 spiro atoms. The van der Waals surface area contributed by atoms with E-state index in [4.69, 9.17) is 11.5 Å². The molecule has 1 aliphatic rings. The van der Waals surface area contributed by atoms with Crippen molar-refractivity contribution < 1.29 is 0 Å². The van der Waals surface area contributed by atoms with Crippen molar-refractivity contribution in [2.45, 2.75) is 0 Å². The van der Waals surface area contributed by atoms with Gasteiger partial charge in [-0.1, -0.05) is 0 Å². The zero-order chi connectivity index (χ0) is 5.98. The fraction of sp³-hybridized carbons (Fsp3) is 0.200. The summed E-state index contributed by atoms with van der Waals surface area (Å²) in [6.07, 6.45) is 1.82. The minimum Gasteiger partial charge on any atom is -0.400 e. The highest BCUT2D eigenvalue weighted by atomic mass is 32.2. The van der Waals surface area contributed by atoms with Crippen LogP contribution in [0.2, 0.25) is 0 Å². The Balaban J connectivity index is 2.76. The van der Waals surface area contributed by atoms with Crippen LogP contribution in [-0.4, -0.2) is 5.75 Å². The van der Waals surface area contributed by atoms with Gasteiger partial charge >= 0.3 is 0 Å². The van der Waals surface area contributed by atoms with Gasteiger partial charge in [-0.25, -0.2) is 0 Å². The second-order valence-corrected chi connectivity index (χ2v) is 2.49. The first-order valence-electron chi connectivity index (χ1n) is 2.33. The standard InChI is InChI=1S/C5H8N2S/c6-4-1-2-8-3-5(4)7/h1-2H,3,6-7H2. The molecule has 2 nitrogen and oxygen atoms in total. The lowest BCUT2D eigenvalue weighted by molar-refractivity contribution is 1.22. The van der Waals surface area contributed by atoms with Crippen LogP contribution in [0.1, 0.15) is 0 Å². The molecule has 0 aromatic rings. The van der Waals surface area contributed by atoms with Gasteiger partial charge in [0.2, 0.25) is 0 Å². The third-order valence-electron chi connectivity index (χ3n) is 0.953. The number of nitrogens with two attached hydrogens (primary N) is 2. The van der Waals surface area contributed by atoms with Gasteiger partial charge in [0, 0.05) is 11.4 Å². The predicted molar refractivity (Wildman–Crippen MR) is 37.0 cm³/mol. The lowest BCUT2D eigenvalue weighted by atomic mass is 10.3. The van der Waals surface area contributed by atoms with E-state index in [0.717, 1.165) is 11.4 Å². The van der Waals surface area contributed by atoms with Crippen molar-refractivity contribution in [2.24, 2.45) is 11.5 Å². The highest BCUT2D eigenvalue weighted by molar-refractivity contribution is 8.02. The number of hydrogen-bond acceptors (Lipinski definition) is 3. The van der Waals surface area contributed by atoms with Crippen molar-refractivity contribution in [1.82, 2.24) is 0 Å². The van der Waals surface area contributed by atoms with Crippen LogP contribution in [0.3, 0.4) is 0 Å². The molecule has 0 bridgehead atoms. The maximum absolute atomic E-state index is 5.46. The summed E-state index contributed by atoms with van der Waals surface area (Å²) in [6, 6.07) is 0. The van der Waals surface area contributed by atoms with Crippen molar-refractivity contribution in [3.05, 3.63) is 22.9 Å². The lowest BCUT2D eigenvalue weighted by Gasteiger charge is -2.05. The fourth-order valence-corrected chi connectivity index (χ4v) is 1.13. The van der Waals surface area contributed by atoms with Crippen LogP contribution >= 0.6 is 11.8 Å². The summed E-state index contributed by atoms with van der Waals surface area (Å²) in [7, 11) is 0. The van der Waals surface area contributed by atoms with Crippen LogP contribution in [0.5, 0.6) is 0 Å². The van der Waals surface area contributed by atoms with Gasteiger partial charge in [0.15, 0.2) is 0 Å². The highest BCUT2D eigenvalue weighted by Gasteiger charge is 1.98. The molecule has 0 radical (unpaired) electrons. The van der Waals surface area contributed by atoms with Gasteiger partial charge in [-0.3, -0.25) is 0 Å². The van der Waals surface area contributed by atoms with E-state index < -0.39 is 0 Å². The van der Waals surface area contributed by atoms with E-state index in [1.807, 2.05) is 11.5 Å². The minimum atomic E-state index is 0.712. The molecule has 4 N–H and O–H groups in total. The van der Waals surface area contributed by atoms with Crippen molar-refractivity contribution in [2.75, 3.05) is 5.75 Å². The molecule has 1 aliphatic heterocycles. The van der Waals surface area contributed by atoms with Crippen molar-refractivity contribution >= 4 is 11.8 Å². The molecule has 44 valence electrons. The van der Waals surface area contributed by atoms with E-state index in [9.17, 15) is 0 Å². The van der Waals surface area contributed by atoms with E-state index in [0.29, 0.717) is 5.70 Å². The summed E-state index contributed by atoms with van der Waals surface area (Å²) in [5.74, 6) is 0.836. The summed E-state index contributed by atoms with van der Waals surface area (Å²) >= 11 is 1.66. The Bertz CT molecular complexity index is 149. The fourth-order valence-electron chi connectivity index (χ4n) is 0.450. The molecule has 3 heteroatoms. The van der Waals surface area contributed by atoms with E-state index in [1.54, 1.807) is 11.8 Å². The Morgan fingerprint density at radius 2 is 2.25 bits per heavy atom. The zero-order valence-corrected chi connectivity index (χ0v) is 5.24. The van der Waals surface area contributed by atoms with Crippen LogP contribution < -0.4 is 11.5 Å². The Kier molecular flexibility index (Phi) is 1.48. The molecule has 0 aromatic heterocycles.